The van der Waals surface area contributed by atoms with E-state index in [-0.39, 0.29) is 11.8 Å². The van der Waals surface area contributed by atoms with E-state index in [4.69, 9.17) is 5.73 Å². The minimum Gasteiger partial charge on any atom is -0.298 e. The Balaban J connectivity index is 1.89. The number of carbonyl (C=O) groups excluding carboxylic acids is 1. The zero-order valence-electron chi connectivity index (χ0n) is 5.97. The number of hydrogen-bond acceptors (Lipinski definition) is 1. The van der Waals surface area contributed by atoms with E-state index < -0.39 is 0 Å². The van der Waals surface area contributed by atoms with E-state index in [9.17, 15) is 4.79 Å². The van der Waals surface area contributed by atoms with Crippen molar-refractivity contribution in [2.75, 3.05) is 0 Å². The number of ketones is 1. The molecule has 1 N–H and O–H groups in total. The third-order valence-electron chi connectivity index (χ3n) is 2.38. The quantitative estimate of drug-likeness (QED) is 0.574. The fraction of sp³-hybridized carbons (Fsp3) is 0.875. The van der Waals surface area contributed by atoms with Gasteiger partial charge in [0.1, 0.15) is 0 Å². The Hall–Kier alpha value is -0.370. The van der Waals surface area contributed by atoms with E-state index in [2.05, 4.69) is 0 Å². The first-order valence-electron chi connectivity index (χ1n) is 4.04. The Morgan fingerprint density at radius 1 is 1.30 bits per heavy atom. The lowest BCUT2D eigenvalue weighted by Crippen LogP contribution is -2.25. The molecular formula is C8H12NO. The van der Waals surface area contributed by atoms with Crippen molar-refractivity contribution in [3.63, 3.8) is 0 Å². The summed E-state index contributed by atoms with van der Waals surface area (Å²) in [5.41, 5.74) is 7.52. The maximum absolute atomic E-state index is 11.2. The summed E-state index contributed by atoms with van der Waals surface area (Å²) in [6.07, 6.45) is 4.35. The van der Waals surface area contributed by atoms with Gasteiger partial charge < -0.3 is 0 Å². The number of Topliss-reactive ketones (excluding diaryl/α,β-unsaturated/α-hetero) is 1. The lowest BCUT2D eigenvalue weighted by atomic mass is 10.1. The van der Waals surface area contributed by atoms with E-state index >= 15 is 0 Å². The first-order chi connectivity index (χ1) is 4.79. The van der Waals surface area contributed by atoms with Crippen molar-refractivity contribution >= 4 is 5.78 Å². The molecule has 0 spiro atoms. The number of nitrogens with one attached hydrogen (secondary N) is 1. The summed E-state index contributed by atoms with van der Waals surface area (Å²) in [5.74, 6) is 0.957. The van der Waals surface area contributed by atoms with Gasteiger partial charge in [-0.1, -0.05) is 0 Å². The van der Waals surface area contributed by atoms with E-state index in [0.29, 0.717) is 11.8 Å². The highest BCUT2D eigenvalue weighted by Gasteiger charge is 2.40. The smallest absolute Gasteiger partial charge is 0.154 e. The normalized spacial score (nSPS) is 28.1. The van der Waals surface area contributed by atoms with Gasteiger partial charge in [-0.05, 0) is 31.6 Å². The monoisotopic (exact) mass is 138 g/mol. The highest BCUT2D eigenvalue weighted by atomic mass is 16.1. The molecule has 0 heterocycles. The van der Waals surface area contributed by atoms with Gasteiger partial charge in [0, 0.05) is 5.92 Å². The molecule has 0 aliphatic heterocycles. The van der Waals surface area contributed by atoms with Crippen molar-refractivity contribution in [1.29, 1.82) is 0 Å². The van der Waals surface area contributed by atoms with Crippen LogP contribution >= 0.6 is 0 Å². The molecule has 10 heavy (non-hydrogen) atoms. The van der Waals surface area contributed by atoms with Gasteiger partial charge in [0.05, 0.1) is 6.04 Å². The summed E-state index contributed by atoms with van der Waals surface area (Å²) in [5, 5.41) is 0. The fourth-order valence-corrected chi connectivity index (χ4v) is 1.28. The molecule has 55 valence electrons. The number of hydrogen-bond donors (Lipinski definition) is 0. The Morgan fingerprint density at radius 3 is 2.30 bits per heavy atom. The Kier molecular flexibility index (Phi) is 1.31. The summed E-state index contributed by atoms with van der Waals surface area (Å²) < 4.78 is 0. The average molecular weight is 138 g/mol. The first kappa shape index (κ1) is 6.35. The second-order valence-electron chi connectivity index (χ2n) is 3.49. The second kappa shape index (κ2) is 2.06. The van der Waals surface area contributed by atoms with E-state index in [1.807, 2.05) is 0 Å². The molecule has 0 aromatic heterocycles. The van der Waals surface area contributed by atoms with Crippen LogP contribution in [0.25, 0.3) is 0 Å². The van der Waals surface area contributed by atoms with Crippen LogP contribution in [0, 0.1) is 11.8 Å². The van der Waals surface area contributed by atoms with Crippen LogP contribution in [0.1, 0.15) is 25.7 Å². The van der Waals surface area contributed by atoms with Crippen molar-refractivity contribution in [3.05, 3.63) is 0 Å². The highest BCUT2D eigenvalue weighted by molar-refractivity contribution is 5.88. The Labute approximate surface area is 60.8 Å². The van der Waals surface area contributed by atoms with Crippen molar-refractivity contribution in [2.24, 2.45) is 11.8 Å². The number of rotatable bonds is 3. The third-order valence-corrected chi connectivity index (χ3v) is 2.38. The summed E-state index contributed by atoms with van der Waals surface area (Å²) in [4.78, 5) is 11.2. The van der Waals surface area contributed by atoms with Crippen molar-refractivity contribution in [1.82, 2.24) is 5.73 Å². The SMILES string of the molecule is [NH]C(C(=O)C1CC1)C1CC1. The topological polar surface area (TPSA) is 40.9 Å². The van der Waals surface area contributed by atoms with Crippen LogP contribution in [0.3, 0.4) is 0 Å². The van der Waals surface area contributed by atoms with Crippen molar-refractivity contribution < 1.29 is 4.79 Å². The Bertz CT molecular complexity index is 159. The molecule has 2 saturated carbocycles. The number of carbonyl (C=O) groups is 1. The zero-order chi connectivity index (χ0) is 7.14. The lowest BCUT2D eigenvalue weighted by molar-refractivity contribution is -0.122. The van der Waals surface area contributed by atoms with Gasteiger partial charge >= 0.3 is 0 Å². The van der Waals surface area contributed by atoms with Crippen LogP contribution in [0.2, 0.25) is 0 Å². The predicted octanol–water partition coefficient (Wildman–Crippen LogP) is 1.03. The minimum absolute atomic E-state index is 0.225. The van der Waals surface area contributed by atoms with E-state index in [0.717, 1.165) is 25.7 Å². The van der Waals surface area contributed by atoms with Crippen LogP contribution < -0.4 is 5.73 Å². The molecule has 0 bridgehead atoms. The second-order valence-corrected chi connectivity index (χ2v) is 3.49. The average Bonchev–Trinajstić information content (AvgIpc) is 2.73. The highest BCUT2D eigenvalue weighted by Crippen LogP contribution is 2.38. The molecule has 1 radical (unpaired) electrons. The van der Waals surface area contributed by atoms with Crippen LogP contribution in [-0.2, 0) is 4.79 Å². The van der Waals surface area contributed by atoms with Gasteiger partial charge in [0.2, 0.25) is 0 Å². The molecule has 0 aromatic rings. The Morgan fingerprint density at radius 2 is 1.90 bits per heavy atom. The van der Waals surface area contributed by atoms with Crippen LogP contribution in [0.15, 0.2) is 0 Å². The first-order valence-corrected chi connectivity index (χ1v) is 4.04. The van der Waals surface area contributed by atoms with Gasteiger partial charge in [0.15, 0.2) is 5.78 Å². The predicted molar refractivity (Wildman–Crippen MR) is 37.3 cm³/mol. The largest absolute Gasteiger partial charge is 0.298 e. The lowest BCUT2D eigenvalue weighted by Gasteiger charge is -2.04. The van der Waals surface area contributed by atoms with E-state index in [1.165, 1.54) is 0 Å². The van der Waals surface area contributed by atoms with Gasteiger partial charge in [-0.25, -0.2) is 5.73 Å². The van der Waals surface area contributed by atoms with Crippen molar-refractivity contribution in [3.8, 4) is 0 Å². The van der Waals surface area contributed by atoms with Crippen molar-refractivity contribution in [2.45, 2.75) is 31.7 Å². The molecule has 2 aliphatic rings. The summed E-state index contributed by atoms with van der Waals surface area (Å²) in [6, 6.07) is -0.354. The van der Waals surface area contributed by atoms with Gasteiger partial charge in [-0.15, -0.1) is 0 Å². The molecule has 1 unspecified atom stereocenters. The summed E-state index contributed by atoms with van der Waals surface area (Å²) >= 11 is 0. The van der Waals surface area contributed by atoms with Crippen LogP contribution in [-0.4, -0.2) is 11.8 Å². The van der Waals surface area contributed by atoms with Crippen LogP contribution in [0.4, 0.5) is 0 Å². The molecule has 2 aliphatic carbocycles. The molecule has 0 saturated heterocycles. The summed E-state index contributed by atoms with van der Waals surface area (Å²) in [6.45, 7) is 0. The molecule has 0 amide bonds. The zero-order valence-corrected chi connectivity index (χ0v) is 5.97. The maximum Gasteiger partial charge on any atom is 0.154 e. The molecule has 2 fully saturated rings. The standard InChI is InChI=1S/C8H12NO/c9-7(5-1-2-5)8(10)6-3-4-6/h5-7,9H,1-4H2. The molecule has 2 heteroatoms. The molecular weight excluding hydrogens is 126 g/mol. The maximum atomic E-state index is 11.2. The molecule has 2 nitrogen and oxygen atoms in total. The van der Waals surface area contributed by atoms with Gasteiger partial charge in [-0.2, -0.15) is 0 Å². The minimum atomic E-state index is -0.354. The molecule has 0 aromatic carbocycles. The van der Waals surface area contributed by atoms with E-state index in [1.54, 1.807) is 0 Å². The molecule has 2 rings (SSSR count). The van der Waals surface area contributed by atoms with Gasteiger partial charge in [-0.3, -0.25) is 4.79 Å². The fourth-order valence-electron chi connectivity index (χ4n) is 1.28. The van der Waals surface area contributed by atoms with Gasteiger partial charge in [0.25, 0.3) is 0 Å². The molecule has 1 atom stereocenters. The summed E-state index contributed by atoms with van der Waals surface area (Å²) in [7, 11) is 0. The third kappa shape index (κ3) is 1.08. The van der Waals surface area contributed by atoms with Crippen LogP contribution in [0.5, 0.6) is 0 Å².